The molecule has 8 heteroatoms. The van der Waals surface area contributed by atoms with E-state index in [1.165, 1.54) is 25.4 Å². The van der Waals surface area contributed by atoms with Crippen LogP contribution >= 0.6 is 11.3 Å². The van der Waals surface area contributed by atoms with Crippen molar-refractivity contribution < 1.29 is 22.7 Å². The van der Waals surface area contributed by atoms with Gasteiger partial charge in [0.2, 0.25) is 0 Å². The number of amides is 1. The van der Waals surface area contributed by atoms with Gasteiger partial charge >= 0.3 is 6.18 Å². The highest BCUT2D eigenvalue weighted by Gasteiger charge is 2.35. The van der Waals surface area contributed by atoms with E-state index >= 15 is 0 Å². The lowest BCUT2D eigenvalue weighted by Gasteiger charge is -2.16. The second-order valence-electron chi connectivity index (χ2n) is 6.55. The number of hydrogen-bond acceptors (Lipinski definition) is 4. The van der Waals surface area contributed by atoms with Gasteiger partial charge in [0, 0.05) is 22.5 Å². The summed E-state index contributed by atoms with van der Waals surface area (Å²) in [6, 6.07) is 0. The first kappa shape index (κ1) is 22.2. The van der Waals surface area contributed by atoms with Crippen molar-refractivity contribution >= 4 is 17.2 Å². The number of nitrogens with one attached hydrogen (secondary N) is 2. The van der Waals surface area contributed by atoms with Crippen LogP contribution in [-0.2, 0) is 17.7 Å². The van der Waals surface area contributed by atoms with Crippen LogP contribution in [0.4, 0.5) is 13.2 Å². The summed E-state index contributed by atoms with van der Waals surface area (Å²) in [5.41, 5.74) is 1.50. The molecule has 4 nitrogen and oxygen atoms in total. The van der Waals surface area contributed by atoms with Crippen molar-refractivity contribution in [2.75, 3.05) is 13.7 Å². The van der Waals surface area contributed by atoms with Crippen LogP contribution in [0.5, 0.6) is 0 Å². The molecule has 0 atom stereocenters. The standard InChI is InChI=1S/C20H25F3N2O2S/c1-5-12(2)8-14(9-17(13(3)27-4)20(21,22)23)25-19(26)16-11-28-18-10-24-7-6-15(16)18/h8-9,11,24H,5-7,10H2,1-4H3,(H,25,26)/b12-8-,14-9+,17-13-. The molecule has 0 aliphatic carbocycles. The van der Waals surface area contributed by atoms with Gasteiger partial charge in [-0.3, -0.25) is 4.79 Å². The first-order chi connectivity index (χ1) is 13.2. The molecule has 154 valence electrons. The minimum absolute atomic E-state index is 0.0851. The Bertz CT molecular complexity index is 820. The molecule has 0 radical (unpaired) electrons. The predicted molar refractivity (Wildman–Crippen MR) is 105 cm³/mol. The van der Waals surface area contributed by atoms with Crippen molar-refractivity contribution in [3.63, 3.8) is 0 Å². The summed E-state index contributed by atoms with van der Waals surface area (Å²) >= 11 is 1.48. The molecule has 1 aromatic heterocycles. The fraction of sp³-hybridized carbons (Fsp3) is 0.450. The number of rotatable bonds is 6. The molecular weight excluding hydrogens is 389 g/mol. The lowest BCUT2D eigenvalue weighted by molar-refractivity contribution is -0.0913. The van der Waals surface area contributed by atoms with Gasteiger partial charge in [-0.25, -0.2) is 0 Å². The monoisotopic (exact) mass is 414 g/mol. The minimum atomic E-state index is -4.60. The highest BCUT2D eigenvalue weighted by molar-refractivity contribution is 7.10. The van der Waals surface area contributed by atoms with Gasteiger partial charge in [0.1, 0.15) is 5.76 Å². The van der Waals surface area contributed by atoms with E-state index in [9.17, 15) is 18.0 Å². The molecule has 2 rings (SSSR count). The zero-order valence-electron chi connectivity index (χ0n) is 16.4. The number of carbonyl (C=O) groups is 1. The third-order valence-corrected chi connectivity index (χ3v) is 5.60. The van der Waals surface area contributed by atoms with Crippen LogP contribution in [0.15, 0.2) is 40.1 Å². The van der Waals surface area contributed by atoms with Gasteiger partial charge in [0.05, 0.1) is 18.2 Å². The van der Waals surface area contributed by atoms with Crippen molar-refractivity contribution in [3.8, 4) is 0 Å². The van der Waals surface area contributed by atoms with Crippen LogP contribution in [0.1, 0.15) is 48.0 Å². The van der Waals surface area contributed by atoms with Gasteiger partial charge in [-0.05, 0) is 50.9 Å². The lowest BCUT2D eigenvalue weighted by Crippen LogP contribution is -2.27. The predicted octanol–water partition coefficient (Wildman–Crippen LogP) is 4.85. The SMILES string of the molecule is CC\C(C)=C/C(=C\C(=C(/C)OC)C(F)(F)F)NC(=O)c1csc2c1CCNC2. The van der Waals surface area contributed by atoms with Crippen LogP contribution in [0, 0.1) is 0 Å². The van der Waals surface area contributed by atoms with E-state index in [0.29, 0.717) is 18.5 Å². The highest BCUT2D eigenvalue weighted by Crippen LogP contribution is 2.31. The third kappa shape index (κ3) is 5.48. The largest absolute Gasteiger partial charge is 0.501 e. The molecule has 28 heavy (non-hydrogen) atoms. The normalized spacial score (nSPS) is 16.4. The smallest absolute Gasteiger partial charge is 0.419 e. The summed E-state index contributed by atoms with van der Waals surface area (Å²) in [6.45, 7) is 6.43. The van der Waals surface area contributed by atoms with Gasteiger partial charge in [0.25, 0.3) is 5.91 Å². The Hall–Kier alpha value is -2.06. The number of ether oxygens (including phenoxy) is 1. The second-order valence-corrected chi connectivity index (χ2v) is 7.51. The van der Waals surface area contributed by atoms with E-state index in [1.54, 1.807) is 18.4 Å². The van der Waals surface area contributed by atoms with Gasteiger partial charge in [-0.1, -0.05) is 12.5 Å². The third-order valence-electron chi connectivity index (χ3n) is 4.57. The van der Waals surface area contributed by atoms with Crippen molar-refractivity contribution in [1.82, 2.24) is 10.6 Å². The highest BCUT2D eigenvalue weighted by atomic mass is 32.1. The number of halogens is 3. The van der Waals surface area contributed by atoms with E-state index in [4.69, 9.17) is 4.74 Å². The molecule has 0 saturated heterocycles. The maximum Gasteiger partial charge on any atom is 0.419 e. The molecule has 2 N–H and O–H groups in total. The van der Waals surface area contributed by atoms with Crippen LogP contribution in [0.25, 0.3) is 0 Å². The molecule has 1 aromatic rings. The van der Waals surface area contributed by atoms with Crippen LogP contribution in [-0.4, -0.2) is 25.7 Å². The Balaban J connectivity index is 2.41. The average Bonchev–Trinajstić information content (AvgIpc) is 3.08. The lowest BCUT2D eigenvalue weighted by atomic mass is 10.0. The summed E-state index contributed by atoms with van der Waals surface area (Å²) in [6.07, 6.45) is -0.734. The average molecular weight is 414 g/mol. The number of alkyl halides is 3. The first-order valence-corrected chi connectivity index (χ1v) is 9.87. The van der Waals surface area contributed by atoms with E-state index in [0.717, 1.165) is 35.1 Å². The fourth-order valence-electron chi connectivity index (χ4n) is 2.78. The Morgan fingerprint density at radius 1 is 1.36 bits per heavy atom. The Morgan fingerprint density at radius 2 is 2.07 bits per heavy atom. The fourth-order valence-corrected chi connectivity index (χ4v) is 3.83. The molecule has 0 spiro atoms. The van der Waals surface area contributed by atoms with Crippen LogP contribution < -0.4 is 10.6 Å². The van der Waals surface area contributed by atoms with Crippen molar-refractivity contribution in [2.45, 2.75) is 46.3 Å². The number of methoxy groups -OCH3 is 1. The van der Waals surface area contributed by atoms with E-state index in [-0.39, 0.29) is 11.5 Å². The molecular formula is C20H25F3N2O2S. The minimum Gasteiger partial charge on any atom is -0.501 e. The van der Waals surface area contributed by atoms with Crippen LogP contribution in [0.2, 0.25) is 0 Å². The number of carbonyl (C=O) groups excluding carboxylic acids is 1. The van der Waals surface area contributed by atoms with Crippen molar-refractivity contribution in [1.29, 1.82) is 0 Å². The molecule has 0 fully saturated rings. The molecule has 0 saturated carbocycles. The number of allylic oxidation sites excluding steroid dienone is 5. The van der Waals surface area contributed by atoms with Crippen LogP contribution in [0.3, 0.4) is 0 Å². The Morgan fingerprint density at radius 3 is 2.68 bits per heavy atom. The van der Waals surface area contributed by atoms with Gasteiger partial charge < -0.3 is 15.4 Å². The van der Waals surface area contributed by atoms with Gasteiger partial charge in [-0.15, -0.1) is 11.3 Å². The molecule has 2 heterocycles. The van der Waals surface area contributed by atoms with Crippen molar-refractivity contribution in [2.24, 2.45) is 0 Å². The molecule has 0 bridgehead atoms. The van der Waals surface area contributed by atoms with Crippen molar-refractivity contribution in [3.05, 3.63) is 56.1 Å². The van der Waals surface area contributed by atoms with Gasteiger partial charge in [0.15, 0.2) is 0 Å². The Kier molecular flexibility index (Phi) is 7.48. The number of fused-ring (bicyclic) bond motifs is 1. The topological polar surface area (TPSA) is 50.4 Å². The quantitative estimate of drug-likeness (QED) is 0.517. The van der Waals surface area contributed by atoms with Gasteiger partial charge in [-0.2, -0.15) is 13.2 Å². The molecule has 1 aliphatic rings. The maximum absolute atomic E-state index is 13.5. The number of hydrogen-bond donors (Lipinski definition) is 2. The summed E-state index contributed by atoms with van der Waals surface area (Å²) in [5.74, 6) is -0.664. The summed E-state index contributed by atoms with van der Waals surface area (Å²) < 4.78 is 45.2. The molecule has 0 unspecified atom stereocenters. The molecule has 1 amide bonds. The zero-order chi connectivity index (χ0) is 20.9. The first-order valence-electron chi connectivity index (χ1n) is 8.99. The number of thiophene rings is 1. The summed E-state index contributed by atoms with van der Waals surface area (Å²) in [7, 11) is 1.19. The summed E-state index contributed by atoms with van der Waals surface area (Å²) in [4.78, 5) is 13.9. The van der Waals surface area contributed by atoms with E-state index in [1.807, 2.05) is 6.92 Å². The van der Waals surface area contributed by atoms with E-state index in [2.05, 4.69) is 10.6 Å². The van der Waals surface area contributed by atoms with E-state index < -0.39 is 17.7 Å². The Labute approximate surface area is 167 Å². The maximum atomic E-state index is 13.5. The summed E-state index contributed by atoms with van der Waals surface area (Å²) in [5, 5.41) is 7.67. The zero-order valence-corrected chi connectivity index (χ0v) is 17.2. The molecule has 0 aromatic carbocycles. The molecule has 1 aliphatic heterocycles. The second kappa shape index (κ2) is 9.43.